The van der Waals surface area contributed by atoms with Crippen molar-refractivity contribution in [1.82, 2.24) is 9.97 Å². The Labute approximate surface area is 181 Å². The summed E-state index contributed by atoms with van der Waals surface area (Å²) in [5.74, 6) is 1.10. The summed E-state index contributed by atoms with van der Waals surface area (Å²) in [6.45, 7) is 0. The van der Waals surface area contributed by atoms with Gasteiger partial charge in [-0.2, -0.15) is 4.57 Å². The lowest BCUT2D eigenvalue weighted by Gasteiger charge is -2.10. The normalized spacial score (nSPS) is 14.1. The molecule has 31 heavy (non-hydrogen) atoms. The van der Waals surface area contributed by atoms with Crippen molar-refractivity contribution in [2.75, 3.05) is 0 Å². The van der Waals surface area contributed by atoms with Crippen molar-refractivity contribution in [3.05, 3.63) is 132 Å². The Hall–Kier alpha value is -4.11. The van der Waals surface area contributed by atoms with Crippen LogP contribution in [0.3, 0.4) is 0 Å². The predicted octanol–water partition coefficient (Wildman–Crippen LogP) is 5.58. The van der Waals surface area contributed by atoms with E-state index in [0.717, 1.165) is 17.2 Å². The van der Waals surface area contributed by atoms with Crippen LogP contribution in [-0.2, 0) is 0 Å². The minimum atomic E-state index is 0.0727. The second-order valence-corrected chi connectivity index (χ2v) is 7.74. The number of benzene rings is 3. The third-order valence-electron chi connectivity index (χ3n) is 5.88. The van der Waals surface area contributed by atoms with Gasteiger partial charge in [-0.15, -0.1) is 0 Å². The Balaban J connectivity index is 1.53. The van der Waals surface area contributed by atoms with Crippen molar-refractivity contribution in [2.45, 2.75) is 5.92 Å². The molecule has 0 saturated heterocycles. The molecule has 2 aromatic heterocycles. The molecule has 1 atom stereocenters. The van der Waals surface area contributed by atoms with Gasteiger partial charge in [-0.3, -0.25) is 4.98 Å². The fourth-order valence-corrected chi connectivity index (χ4v) is 4.45. The van der Waals surface area contributed by atoms with Crippen LogP contribution in [-0.4, -0.2) is 9.97 Å². The molecule has 0 saturated carbocycles. The summed E-state index contributed by atoms with van der Waals surface area (Å²) in [6.07, 6.45) is 3.93. The summed E-state index contributed by atoms with van der Waals surface area (Å²) in [5.41, 5.74) is 7.92. The first-order valence-corrected chi connectivity index (χ1v) is 10.5. The first-order chi connectivity index (χ1) is 15.4. The fraction of sp³-hybridized carbons (Fsp3) is 0.0357. The number of para-hydroxylation sites is 1. The molecule has 6 rings (SSSR count). The van der Waals surface area contributed by atoms with Gasteiger partial charge in [-0.25, -0.2) is 0 Å². The van der Waals surface area contributed by atoms with E-state index >= 15 is 0 Å². The van der Waals surface area contributed by atoms with E-state index in [2.05, 4.69) is 94.6 Å². The van der Waals surface area contributed by atoms with Gasteiger partial charge in [-0.1, -0.05) is 72.8 Å². The van der Waals surface area contributed by atoms with E-state index in [0.29, 0.717) is 0 Å². The van der Waals surface area contributed by atoms with Crippen LogP contribution in [0.5, 0.6) is 0 Å². The van der Waals surface area contributed by atoms with Crippen LogP contribution in [0.4, 0.5) is 0 Å². The van der Waals surface area contributed by atoms with Crippen LogP contribution in [0.15, 0.2) is 116 Å². The van der Waals surface area contributed by atoms with Crippen LogP contribution in [0.2, 0.25) is 0 Å². The number of aromatic nitrogens is 3. The van der Waals surface area contributed by atoms with Gasteiger partial charge in [0.05, 0.1) is 0 Å². The van der Waals surface area contributed by atoms with E-state index < -0.39 is 0 Å². The van der Waals surface area contributed by atoms with Crippen LogP contribution >= 0.6 is 0 Å². The molecule has 3 aromatic carbocycles. The average molecular weight is 398 g/mol. The third kappa shape index (κ3) is 3.03. The molecule has 0 N–H and O–H groups in total. The number of nitrogens with zero attached hydrogens (tertiary/aromatic N) is 3. The van der Waals surface area contributed by atoms with E-state index in [1.807, 2.05) is 30.5 Å². The van der Waals surface area contributed by atoms with Gasteiger partial charge in [0, 0.05) is 17.8 Å². The van der Waals surface area contributed by atoms with Gasteiger partial charge in [0.25, 0.3) is 0 Å². The number of rotatable bonds is 3. The highest BCUT2D eigenvalue weighted by Crippen LogP contribution is 2.38. The van der Waals surface area contributed by atoms with E-state index in [1.54, 1.807) is 0 Å². The van der Waals surface area contributed by atoms with Crippen molar-refractivity contribution in [2.24, 2.45) is 0 Å². The van der Waals surface area contributed by atoms with Crippen LogP contribution in [0.25, 0.3) is 28.2 Å². The second kappa shape index (κ2) is 7.29. The molecule has 1 unspecified atom stereocenters. The van der Waals surface area contributed by atoms with Crippen molar-refractivity contribution in [1.29, 1.82) is 0 Å². The van der Waals surface area contributed by atoms with Crippen molar-refractivity contribution < 1.29 is 4.57 Å². The molecule has 0 spiro atoms. The maximum absolute atomic E-state index is 5.10. The number of fused-ring (bicyclic) bond motifs is 3. The Morgan fingerprint density at radius 2 is 1.45 bits per heavy atom. The summed E-state index contributed by atoms with van der Waals surface area (Å²) < 4.78 is 2.21. The molecule has 5 aromatic rings. The van der Waals surface area contributed by atoms with E-state index in [1.165, 1.54) is 27.9 Å². The molecule has 3 nitrogen and oxygen atoms in total. The van der Waals surface area contributed by atoms with Gasteiger partial charge >= 0.3 is 5.82 Å². The smallest absolute Gasteiger partial charge is 0.252 e. The van der Waals surface area contributed by atoms with Gasteiger partial charge in [-0.05, 0) is 45.9 Å². The Morgan fingerprint density at radius 3 is 2.32 bits per heavy atom. The quantitative estimate of drug-likeness (QED) is 0.364. The predicted molar refractivity (Wildman–Crippen MR) is 122 cm³/mol. The molecule has 3 heteroatoms. The molecule has 3 heterocycles. The topological polar surface area (TPSA) is 29.7 Å². The van der Waals surface area contributed by atoms with Crippen LogP contribution in [0.1, 0.15) is 22.9 Å². The summed E-state index contributed by atoms with van der Waals surface area (Å²) in [4.78, 5) is 9.60. The van der Waals surface area contributed by atoms with Gasteiger partial charge in [0.1, 0.15) is 23.5 Å². The van der Waals surface area contributed by atoms with E-state index in [-0.39, 0.29) is 5.92 Å². The van der Waals surface area contributed by atoms with Gasteiger partial charge < -0.3 is 0 Å². The van der Waals surface area contributed by atoms with Crippen LogP contribution in [0, 0.1) is 0 Å². The number of pyridine rings is 1. The zero-order valence-corrected chi connectivity index (χ0v) is 16.9. The molecule has 0 aliphatic carbocycles. The Morgan fingerprint density at radius 1 is 0.645 bits per heavy atom. The summed E-state index contributed by atoms with van der Waals surface area (Å²) in [5, 5.41) is 0. The zero-order valence-electron chi connectivity index (χ0n) is 16.9. The van der Waals surface area contributed by atoms with Crippen molar-refractivity contribution >= 4 is 0 Å². The standard InChI is InChI=1S/C28H20N3/c1-2-9-20(10-3-1)21-11-8-12-22(19-21)27-23-13-4-5-15-26(23)31-18-16-25(30-28(27)31)24-14-6-7-17-29-24/h1-19,27H/q+1. The minimum Gasteiger partial charge on any atom is -0.252 e. The first-order valence-electron chi connectivity index (χ1n) is 10.5. The minimum absolute atomic E-state index is 0.0727. The fourth-order valence-electron chi connectivity index (χ4n) is 4.45. The lowest BCUT2D eigenvalue weighted by molar-refractivity contribution is -0.601. The molecule has 0 radical (unpaired) electrons. The number of hydrogen-bond acceptors (Lipinski definition) is 2. The maximum Gasteiger partial charge on any atom is 0.316 e. The third-order valence-corrected chi connectivity index (χ3v) is 5.88. The van der Waals surface area contributed by atoms with Gasteiger partial charge in [0.15, 0.2) is 0 Å². The molecule has 0 amide bonds. The maximum atomic E-state index is 5.10. The first kappa shape index (κ1) is 17.7. The molecule has 146 valence electrons. The zero-order chi connectivity index (χ0) is 20.6. The Kier molecular flexibility index (Phi) is 4.17. The largest absolute Gasteiger partial charge is 0.316 e. The van der Waals surface area contributed by atoms with E-state index in [9.17, 15) is 0 Å². The molecule has 1 aliphatic heterocycles. The van der Waals surface area contributed by atoms with Gasteiger partial charge in [0.2, 0.25) is 5.69 Å². The molecule has 0 fully saturated rings. The van der Waals surface area contributed by atoms with Crippen LogP contribution < -0.4 is 4.57 Å². The van der Waals surface area contributed by atoms with E-state index in [4.69, 9.17) is 4.98 Å². The highest BCUT2D eigenvalue weighted by atomic mass is 15.1. The lowest BCUT2D eigenvalue weighted by Crippen LogP contribution is -2.33. The Bertz CT molecular complexity index is 1380. The lowest BCUT2D eigenvalue weighted by atomic mass is 9.90. The molecular weight excluding hydrogens is 378 g/mol. The summed E-state index contributed by atoms with van der Waals surface area (Å²) in [6, 6.07) is 35.9. The molecule has 0 bridgehead atoms. The van der Waals surface area contributed by atoms with Crippen molar-refractivity contribution in [3.8, 4) is 28.2 Å². The number of hydrogen-bond donors (Lipinski definition) is 0. The van der Waals surface area contributed by atoms with Crippen molar-refractivity contribution in [3.63, 3.8) is 0 Å². The SMILES string of the molecule is c1ccc(-c2cccc(C3c4ccccc4-[n+]4ccc(-c5ccccn5)nc43)c2)cc1. The molecular formula is C28H20N3+. The highest BCUT2D eigenvalue weighted by Gasteiger charge is 2.39. The summed E-state index contributed by atoms with van der Waals surface area (Å²) in [7, 11) is 0. The summed E-state index contributed by atoms with van der Waals surface area (Å²) >= 11 is 0. The molecule has 1 aliphatic rings. The average Bonchev–Trinajstić information content (AvgIpc) is 3.19. The highest BCUT2D eigenvalue weighted by molar-refractivity contribution is 5.65. The monoisotopic (exact) mass is 398 g/mol. The second-order valence-electron chi connectivity index (χ2n) is 7.74.